The molecule has 0 spiro atoms. The Balaban J connectivity index is 0.00000192. The molecule has 6 heteroatoms. The van der Waals surface area contributed by atoms with Crippen LogP contribution in [0.1, 0.15) is 38.2 Å². The third kappa shape index (κ3) is 4.37. The number of nitrogens with zero attached hydrogens (tertiary/aromatic N) is 2. The van der Waals surface area contributed by atoms with Crippen LogP contribution < -0.4 is 4.74 Å². The summed E-state index contributed by atoms with van der Waals surface area (Å²) in [6.07, 6.45) is 4.81. The van der Waals surface area contributed by atoms with Gasteiger partial charge < -0.3 is 9.64 Å². The average Bonchev–Trinajstić information content (AvgIpc) is 3.11. The fraction of sp³-hybridized carbons (Fsp3) is 0.471. The number of hydrogen-bond donors (Lipinski definition) is 0. The van der Waals surface area contributed by atoms with Gasteiger partial charge in [-0.25, -0.2) is 0 Å². The highest BCUT2D eigenvalue weighted by Crippen LogP contribution is 2.37. The normalized spacial score (nSPS) is 15.8. The number of rotatable bonds is 7. The largest absolute Gasteiger partial charge is 0.492 e. The van der Waals surface area contributed by atoms with E-state index in [0.29, 0.717) is 5.02 Å². The molecular formula is C17H22Cl2N2OS. The molecule has 126 valence electrons. The molecular weight excluding hydrogens is 351 g/mol. The summed E-state index contributed by atoms with van der Waals surface area (Å²) in [5.74, 6) is 0.781. The SMILES string of the molecule is CCCCCCOc1ccc(C2=CSC3=NCCN23)cc1Cl.Cl. The van der Waals surface area contributed by atoms with E-state index in [-0.39, 0.29) is 12.4 Å². The minimum atomic E-state index is 0. The molecule has 1 aromatic carbocycles. The highest BCUT2D eigenvalue weighted by molar-refractivity contribution is 8.16. The number of hydrogen-bond acceptors (Lipinski definition) is 4. The first-order valence-corrected chi connectivity index (χ1v) is 9.17. The number of fused-ring (bicyclic) bond motifs is 1. The lowest BCUT2D eigenvalue weighted by Crippen LogP contribution is -2.19. The van der Waals surface area contributed by atoms with Crippen molar-refractivity contribution in [3.63, 3.8) is 0 Å². The lowest BCUT2D eigenvalue weighted by atomic mass is 10.1. The second-order valence-corrected chi connectivity index (χ2v) is 6.73. The van der Waals surface area contributed by atoms with Crippen molar-refractivity contribution >= 4 is 46.6 Å². The minimum absolute atomic E-state index is 0. The molecule has 1 aromatic rings. The zero-order valence-corrected chi connectivity index (χ0v) is 15.6. The van der Waals surface area contributed by atoms with E-state index in [1.807, 2.05) is 12.1 Å². The van der Waals surface area contributed by atoms with Crippen molar-refractivity contribution in [1.29, 1.82) is 0 Å². The number of unbranched alkanes of at least 4 members (excludes halogenated alkanes) is 3. The maximum absolute atomic E-state index is 6.38. The highest BCUT2D eigenvalue weighted by atomic mass is 35.5. The van der Waals surface area contributed by atoms with E-state index in [0.717, 1.165) is 42.6 Å². The molecule has 0 amide bonds. The maximum atomic E-state index is 6.38. The third-order valence-electron chi connectivity index (χ3n) is 3.85. The van der Waals surface area contributed by atoms with E-state index in [2.05, 4.69) is 28.3 Å². The van der Waals surface area contributed by atoms with Crippen molar-refractivity contribution in [1.82, 2.24) is 4.90 Å². The quantitative estimate of drug-likeness (QED) is 0.595. The van der Waals surface area contributed by atoms with Crippen LogP contribution in [0, 0.1) is 0 Å². The summed E-state index contributed by atoms with van der Waals surface area (Å²) in [6.45, 7) is 4.79. The second kappa shape index (κ2) is 8.86. The summed E-state index contributed by atoms with van der Waals surface area (Å²) in [5, 5.41) is 3.93. The molecule has 3 nitrogen and oxygen atoms in total. The molecule has 23 heavy (non-hydrogen) atoms. The van der Waals surface area contributed by atoms with Gasteiger partial charge in [0.05, 0.1) is 23.9 Å². The zero-order chi connectivity index (χ0) is 15.4. The van der Waals surface area contributed by atoms with Gasteiger partial charge in [0.15, 0.2) is 5.17 Å². The molecule has 0 saturated heterocycles. The van der Waals surface area contributed by atoms with Gasteiger partial charge >= 0.3 is 0 Å². The number of halogens is 2. The monoisotopic (exact) mass is 372 g/mol. The Hall–Kier alpha value is -0.840. The summed E-state index contributed by atoms with van der Waals surface area (Å²) < 4.78 is 5.79. The van der Waals surface area contributed by atoms with Crippen LogP contribution in [0.4, 0.5) is 0 Å². The van der Waals surface area contributed by atoms with Crippen molar-refractivity contribution in [3.8, 4) is 5.75 Å². The number of benzene rings is 1. The van der Waals surface area contributed by atoms with Gasteiger partial charge in [-0.05, 0) is 24.6 Å². The van der Waals surface area contributed by atoms with Crippen molar-refractivity contribution < 1.29 is 4.74 Å². The van der Waals surface area contributed by atoms with Crippen molar-refractivity contribution in [2.45, 2.75) is 32.6 Å². The molecule has 0 unspecified atom stereocenters. The smallest absolute Gasteiger partial charge is 0.168 e. The van der Waals surface area contributed by atoms with Crippen LogP contribution in [0.25, 0.3) is 5.70 Å². The van der Waals surface area contributed by atoms with E-state index in [1.165, 1.54) is 25.0 Å². The molecule has 2 aliphatic rings. The third-order valence-corrected chi connectivity index (χ3v) is 5.05. The summed E-state index contributed by atoms with van der Waals surface area (Å²) in [7, 11) is 0. The van der Waals surface area contributed by atoms with Gasteiger partial charge in [-0.3, -0.25) is 4.99 Å². The lowest BCUT2D eigenvalue weighted by Gasteiger charge is -2.17. The first kappa shape index (κ1) is 18.5. The maximum Gasteiger partial charge on any atom is 0.168 e. The van der Waals surface area contributed by atoms with Gasteiger partial charge in [0, 0.05) is 17.5 Å². The van der Waals surface area contributed by atoms with Gasteiger partial charge in [-0.1, -0.05) is 49.5 Å². The fourth-order valence-electron chi connectivity index (χ4n) is 2.64. The van der Waals surface area contributed by atoms with Gasteiger partial charge in [-0.2, -0.15) is 0 Å². The Morgan fingerprint density at radius 3 is 2.96 bits per heavy atom. The van der Waals surface area contributed by atoms with Gasteiger partial charge in [0.1, 0.15) is 5.75 Å². The highest BCUT2D eigenvalue weighted by Gasteiger charge is 2.27. The van der Waals surface area contributed by atoms with E-state index in [1.54, 1.807) is 11.8 Å². The summed E-state index contributed by atoms with van der Waals surface area (Å²) in [6, 6.07) is 6.06. The summed E-state index contributed by atoms with van der Waals surface area (Å²) in [4.78, 5) is 6.73. The van der Waals surface area contributed by atoms with Gasteiger partial charge in [0.25, 0.3) is 0 Å². The second-order valence-electron chi connectivity index (χ2n) is 5.49. The van der Waals surface area contributed by atoms with Crippen molar-refractivity contribution in [2.24, 2.45) is 4.99 Å². The van der Waals surface area contributed by atoms with Crippen LogP contribution >= 0.6 is 35.8 Å². The first-order valence-electron chi connectivity index (χ1n) is 7.91. The van der Waals surface area contributed by atoms with Crippen LogP contribution in [0.15, 0.2) is 28.6 Å². The van der Waals surface area contributed by atoms with E-state index < -0.39 is 0 Å². The Morgan fingerprint density at radius 2 is 2.17 bits per heavy atom. The minimum Gasteiger partial charge on any atom is -0.492 e. The van der Waals surface area contributed by atoms with Crippen molar-refractivity contribution in [2.75, 3.05) is 19.7 Å². The number of ether oxygens (including phenoxy) is 1. The molecule has 0 saturated carbocycles. The summed E-state index contributed by atoms with van der Waals surface area (Å²) in [5.41, 5.74) is 2.32. The predicted molar refractivity (Wildman–Crippen MR) is 103 cm³/mol. The molecule has 0 atom stereocenters. The number of amidine groups is 1. The van der Waals surface area contributed by atoms with E-state index in [9.17, 15) is 0 Å². The summed E-state index contributed by atoms with van der Waals surface area (Å²) >= 11 is 8.07. The standard InChI is InChI=1S/C17H21ClN2OS.ClH/c1-2-3-4-5-10-21-16-7-6-13(11-14(16)18)15-12-22-17-19-8-9-20(15)17;/h6-7,11-12H,2-5,8-10H2,1H3;1H. The van der Waals surface area contributed by atoms with Crippen molar-refractivity contribution in [3.05, 3.63) is 34.2 Å². The Bertz CT molecular complexity index is 604. The molecule has 0 radical (unpaired) electrons. The average molecular weight is 373 g/mol. The van der Waals surface area contributed by atoms with E-state index in [4.69, 9.17) is 16.3 Å². The number of aliphatic imine (C=N–C) groups is 1. The molecule has 0 aliphatic carbocycles. The molecule has 0 aromatic heterocycles. The van der Waals surface area contributed by atoms with Crippen LogP contribution in [0.2, 0.25) is 5.02 Å². The van der Waals surface area contributed by atoms with Crippen LogP contribution in [0.3, 0.4) is 0 Å². The zero-order valence-electron chi connectivity index (χ0n) is 13.3. The Kier molecular flexibility index (Phi) is 7.12. The van der Waals surface area contributed by atoms with Crippen LogP contribution in [-0.2, 0) is 0 Å². The molecule has 2 heterocycles. The first-order chi connectivity index (χ1) is 10.8. The fourth-order valence-corrected chi connectivity index (χ4v) is 3.83. The predicted octanol–water partition coefficient (Wildman–Crippen LogP) is 5.44. The molecule has 0 fully saturated rings. The van der Waals surface area contributed by atoms with Crippen LogP contribution in [-0.4, -0.2) is 29.8 Å². The molecule has 0 N–H and O–H groups in total. The molecule has 3 rings (SSSR count). The topological polar surface area (TPSA) is 24.8 Å². The van der Waals surface area contributed by atoms with Gasteiger partial charge in [-0.15, -0.1) is 12.4 Å². The van der Waals surface area contributed by atoms with Crippen LogP contribution in [0.5, 0.6) is 5.75 Å². The Labute approximate surface area is 153 Å². The van der Waals surface area contributed by atoms with Gasteiger partial charge in [0.2, 0.25) is 0 Å². The van der Waals surface area contributed by atoms with E-state index >= 15 is 0 Å². The number of thioether (sulfide) groups is 1. The Morgan fingerprint density at radius 1 is 1.30 bits per heavy atom. The lowest BCUT2D eigenvalue weighted by molar-refractivity contribution is 0.305. The molecule has 0 bridgehead atoms. The molecule has 2 aliphatic heterocycles.